The van der Waals surface area contributed by atoms with Crippen LogP contribution in [-0.2, 0) is 101 Å². The van der Waals surface area contributed by atoms with Crippen molar-refractivity contribution < 1.29 is 77.6 Å². The molecule has 0 unspecified atom stereocenters. The van der Waals surface area contributed by atoms with Gasteiger partial charge in [-0.25, -0.2) is 34.7 Å². The number of H-pyrrole nitrogens is 6. The zero-order chi connectivity index (χ0) is 68.8. The monoisotopic (exact) mass is 1350 g/mol. The van der Waals surface area contributed by atoms with E-state index in [4.69, 9.17) is 5.73 Å². The normalized spacial score (nSPS) is 13.8. The smallest absolute Gasteiger partial charge is 0.326 e. The van der Waals surface area contributed by atoms with Crippen molar-refractivity contribution in [2.75, 3.05) is 45.1 Å². The maximum atomic E-state index is 14.7. The second-order valence-electron chi connectivity index (χ2n) is 20.8. The molecule has 12 amide bonds. The first-order valence-corrected chi connectivity index (χ1v) is 29.4. The van der Waals surface area contributed by atoms with Gasteiger partial charge in [0, 0.05) is 116 Å². The number of thiol groups is 1. The Labute approximate surface area is 542 Å². The summed E-state index contributed by atoms with van der Waals surface area (Å²) in [7, 11) is 0. The Morgan fingerprint density at radius 1 is 0.347 bits per heavy atom. The summed E-state index contributed by atoms with van der Waals surface area (Å²) in [5.74, 6) is -12.8. The molecule has 6 aromatic rings. The molecule has 9 atom stereocenters. The quantitative estimate of drug-likeness (QED) is 0.0159. The molecule has 42 heteroatoms. The van der Waals surface area contributed by atoms with E-state index in [-0.39, 0.29) is 50.0 Å². The number of nitrogens with one attached hydrogen (secondary N) is 18. The molecule has 510 valence electrons. The average Bonchev–Trinajstić information content (AvgIpc) is 1.68. The first-order valence-electron chi connectivity index (χ1n) is 28.8. The molecule has 0 saturated heterocycles. The number of aromatic nitrogens is 12. The Hall–Kier alpha value is -11.4. The summed E-state index contributed by atoms with van der Waals surface area (Å²) in [5, 5.41) is 58.4. The second-order valence-corrected chi connectivity index (χ2v) is 21.1. The lowest BCUT2D eigenvalue weighted by Gasteiger charge is -2.27. The van der Waals surface area contributed by atoms with Gasteiger partial charge in [0.15, 0.2) is 0 Å². The van der Waals surface area contributed by atoms with Gasteiger partial charge in [0.25, 0.3) is 0 Å². The number of aliphatic carboxylic acids is 1. The van der Waals surface area contributed by atoms with Crippen LogP contribution in [0.1, 0.15) is 34.2 Å². The van der Waals surface area contributed by atoms with E-state index in [2.05, 4.69) is 136 Å². The van der Waals surface area contributed by atoms with E-state index in [9.17, 15) is 77.6 Å². The predicted octanol–water partition coefficient (Wildman–Crippen LogP) is -10.5. The third kappa shape index (κ3) is 24.3. The summed E-state index contributed by atoms with van der Waals surface area (Å²) in [6.45, 7) is -4.85. The summed E-state index contributed by atoms with van der Waals surface area (Å²) in [6, 6.07) is -13.6. The number of nitrogens with two attached hydrogens (primary N) is 1. The van der Waals surface area contributed by atoms with Crippen LogP contribution >= 0.6 is 12.6 Å². The van der Waals surface area contributed by atoms with Crippen LogP contribution in [0.15, 0.2) is 75.1 Å². The molecule has 0 aliphatic heterocycles. The number of rotatable bonds is 40. The van der Waals surface area contributed by atoms with E-state index < -0.39 is 171 Å². The van der Waals surface area contributed by atoms with Crippen LogP contribution in [0, 0.1) is 0 Å². The Morgan fingerprint density at radius 2 is 0.589 bits per heavy atom. The molecule has 0 fully saturated rings. The zero-order valence-electron chi connectivity index (χ0n) is 50.2. The number of imidazole rings is 6. The molecular weight excluding hydrogens is 1270 g/mol. The average molecular weight is 1350 g/mol. The molecule has 0 radical (unpaired) electrons. The fourth-order valence-corrected chi connectivity index (χ4v) is 8.78. The number of aromatic amines is 6. The van der Waals surface area contributed by atoms with Gasteiger partial charge >= 0.3 is 5.97 Å². The third-order valence-electron chi connectivity index (χ3n) is 13.6. The highest BCUT2D eigenvalue weighted by Gasteiger charge is 2.36. The molecule has 0 aliphatic carbocycles. The minimum Gasteiger partial charge on any atom is -0.480 e. The predicted molar refractivity (Wildman–Crippen MR) is 325 cm³/mol. The second kappa shape index (κ2) is 37.2. The number of carboxylic acid groups (broad SMARTS) is 1. The van der Waals surface area contributed by atoms with Gasteiger partial charge in [-0.2, -0.15) is 12.6 Å². The van der Waals surface area contributed by atoms with Crippen molar-refractivity contribution in [1.29, 1.82) is 0 Å². The molecule has 6 rings (SSSR count). The molecule has 0 spiro atoms. The maximum absolute atomic E-state index is 14.7. The van der Waals surface area contributed by atoms with Gasteiger partial charge in [-0.3, -0.25) is 57.5 Å². The van der Waals surface area contributed by atoms with E-state index >= 15 is 0 Å². The lowest BCUT2D eigenvalue weighted by molar-refractivity contribution is -0.142. The molecule has 0 aromatic carbocycles. The van der Waals surface area contributed by atoms with Gasteiger partial charge in [0.2, 0.25) is 70.9 Å². The molecular formula is C53H71N25O16S. The Morgan fingerprint density at radius 3 is 0.842 bits per heavy atom. The molecule has 0 saturated carbocycles. The van der Waals surface area contributed by atoms with Crippen molar-refractivity contribution in [1.82, 2.24) is 124 Å². The molecule has 0 bridgehead atoms. The number of hydrogen-bond donors (Lipinski definition) is 23. The first-order chi connectivity index (χ1) is 45.6. The first kappa shape index (κ1) is 72.7. The standard InChI is InChI=1S/C53H71N25O16S/c54-32(19-95)45(85)63-13-41(81)61-15-43(83)71-39(17-79)46(86)64-14-42(82)62-16-44(84)72-40(18-80)52(92)77-36(4-29-10-58-23-68-29)50(90)75-34(2-27-8-56-21-66-27)48(88)73-33(1-26-7-55-20-65-26)47(87)74-35(3-28-9-57-22-67-28)49(89)76-37(5-30-11-59-24-69-30)51(91)78-38(53(93)94)6-31-12-60-25-70-31/h7-12,20-25,32-40,79-80,95H,1-6,13-19,54H2,(H,55,65)(H,56,66)(H,57,67)(H,58,68)(H,59,69)(H,60,70)(H,61,81)(H,62,82)(H,63,85)(H,64,86)(H,71,83)(H,72,84)(H,73,88)(H,74,87)(H,75,90)(H,76,89)(H,77,92)(H,78,91)(H,93,94)/t32-,33-,34-,35-,36-,37-,38-,39-,40-/m0/s1. The van der Waals surface area contributed by atoms with Gasteiger partial charge in [0.05, 0.1) is 83.4 Å². The Balaban J connectivity index is 1.10. The van der Waals surface area contributed by atoms with Crippen molar-refractivity contribution in [2.45, 2.75) is 92.9 Å². The van der Waals surface area contributed by atoms with Crippen LogP contribution in [0.4, 0.5) is 0 Å². The molecule has 6 aromatic heterocycles. The minimum absolute atomic E-state index is 0.00958. The van der Waals surface area contributed by atoms with E-state index in [1.807, 2.05) is 0 Å². The van der Waals surface area contributed by atoms with E-state index in [1.165, 1.54) is 75.1 Å². The van der Waals surface area contributed by atoms with Gasteiger partial charge < -0.3 is 115 Å². The van der Waals surface area contributed by atoms with Crippen LogP contribution < -0.4 is 69.5 Å². The highest BCUT2D eigenvalue weighted by atomic mass is 32.1. The third-order valence-corrected chi connectivity index (χ3v) is 14.0. The zero-order valence-corrected chi connectivity index (χ0v) is 51.1. The number of aliphatic hydroxyl groups excluding tert-OH is 2. The summed E-state index contributed by atoms with van der Waals surface area (Å²) in [6.07, 6.45) is 14.3. The number of nitrogens with zero attached hydrogens (tertiary/aromatic N) is 6. The lowest BCUT2D eigenvalue weighted by atomic mass is 10.0. The number of carbonyl (C=O) groups is 13. The Bertz CT molecular complexity index is 3480. The number of amides is 12. The van der Waals surface area contributed by atoms with Crippen molar-refractivity contribution in [3.63, 3.8) is 0 Å². The highest BCUT2D eigenvalue weighted by Crippen LogP contribution is 2.10. The van der Waals surface area contributed by atoms with Gasteiger partial charge in [-0.15, -0.1) is 0 Å². The van der Waals surface area contributed by atoms with Crippen LogP contribution in [0.5, 0.6) is 0 Å². The SMILES string of the molecule is N[C@@H](CS)C(=O)NCC(=O)NCC(=O)N[C@@H](CO)C(=O)NCC(=O)NCC(=O)N[C@@H](CO)C(=O)N[C@@H](Cc1cnc[nH]1)C(=O)N[C@@H](Cc1cnc[nH]1)C(=O)N[C@@H](Cc1cnc[nH]1)C(=O)N[C@@H](Cc1cnc[nH]1)C(=O)N[C@@H](Cc1cnc[nH]1)C(=O)N[C@@H](Cc1cnc[nH]1)C(=O)O. The largest absolute Gasteiger partial charge is 0.480 e. The van der Waals surface area contributed by atoms with Crippen molar-refractivity contribution in [3.05, 3.63) is 109 Å². The molecule has 95 heavy (non-hydrogen) atoms. The van der Waals surface area contributed by atoms with E-state index in [1.54, 1.807) is 0 Å². The number of hydrogen-bond acceptors (Lipinski definition) is 23. The molecule has 41 nitrogen and oxygen atoms in total. The van der Waals surface area contributed by atoms with Crippen molar-refractivity contribution in [2.24, 2.45) is 5.73 Å². The fraction of sp³-hybridized carbons (Fsp3) is 0.415. The minimum atomic E-state index is -1.78. The van der Waals surface area contributed by atoms with E-state index in [0.29, 0.717) is 28.5 Å². The topological polar surface area (TPSA) is 625 Å². The van der Waals surface area contributed by atoms with Crippen LogP contribution in [0.2, 0.25) is 0 Å². The number of carboxylic acids is 1. The summed E-state index contributed by atoms with van der Waals surface area (Å²) in [5.41, 5.74) is 7.47. The van der Waals surface area contributed by atoms with E-state index in [0.717, 1.165) is 0 Å². The van der Waals surface area contributed by atoms with Crippen molar-refractivity contribution in [3.8, 4) is 0 Å². The summed E-state index contributed by atoms with van der Waals surface area (Å²) < 4.78 is 0. The lowest BCUT2D eigenvalue weighted by Crippen LogP contribution is -2.61. The molecule has 0 aliphatic rings. The number of carbonyl (C=O) groups excluding carboxylic acids is 12. The van der Waals surface area contributed by atoms with Crippen LogP contribution in [-0.4, -0.2) is 252 Å². The molecule has 23 N–H and O–H groups in total. The van der Waals surface area contributed by atoms with Crippen molar-refractivity contribution >= 4 is 89.5 Å². The summed E-state index contributed by atoms with van der Waals surface area (Å²) in [4.78, 5) is 214. The summed E-state index contributed by atoms with van der Waals surface area (Å²) >= 11 is 3.88. The fourth-order valence-electron chi connectivity index (χ4n) is 8.61. The Kier molecular flexibility index (Phi) is 28.4. The van der Waals surface area contributed by atoms with Gasteiger partial charge in [-0.05, 0) is 0 Å². The van der Waals surface area contributed by atoms with Gasteiger partial charge in [0.1, 0.15) is 48.3 Å². The maximum Gasteiger partial charge on any atom is 0.326 e. The van der Waals surface area contributed by atoms with Gasteiger partial charge in [-0.1, -0.05) is 0 Å². The highest BCUT2D eigenvalue weighted by molar-refractivity contribution is 7.80. The number of aliphatic hydroxyl groups is 2. The van der Waals surface area contributed by atoms with Crippen LogP contribution in [0.25, 0.3) is 0 Å². The van der Waals surface area contributed by atoms with Crippen LogP contribution in [0.3, 0.4) is 0 Å². The molecule has 6 heterocycles.